The molecule has 0 rings (SSSR count). The number of carbonyl (C=O) groups excluding carboxylic acids is 3. The van der Waals surface area contributed by atoms with E-state index in [2.05, 4.69) is 6.92 Å². The lowest BCUT2D eigenvalue weighted by atomic mass is 10.0. The Morgan fingerprint density at radius 3 is 1.42 bits per heavy atom. The van der Waals surface area contributed by atoms with Gasteiger partial charge in [-0.05, 0) is 6.42 Å². The molecule has 0 saturated heterocycles. The summed E-state index contributed by atoms with van der Waals surface area (Å²) in [7, 11) is 0. The number of Topliss-reactive ketones (excluding diaryl/α,β-unsaturated/α-hetero) is 1. The number of ketones is 1. The maximum absolute atomic E-state index is 11.7. The zero-order valence-electron chi connectivity index (χ0n) is 20.4. The second-order valence-electron chi connectivity index (χ2n) is 8.27. The monoisotopic (exact) mass is 472 g/mol. The van der Waals surface area contributed by atoms with Crippen molar-refractivity contribution in [3.05, 3.63) is 0 Å². The first-order chi connectivity index (χ1) is 16.0. The van der Waals surface area contributed by atoms with Gasteiger partial charge in [-0.25, -0.2) is 4.79 Å². The van der Waals surface area contributed by atoms with Gasteiger partial charge in [0.05, 0.1) is 19.6 Å². The molecule has 8 heteroatoms. The number of esters is 2. The van der Waals surface area contributed by atoms with Crippen LogP contribution in [0.3, 0.4) is 0 Å². The standard InChI is InChI=1S/C25H44O8/c1-2-3-4-5-6-7-8-9-10-11-12-13-14-15-23(27)32-20-18-31-19-21-33-24(28)17-16-22(26)25(29)30/h2-21H2,1H3,(H,29,30). The van der Waals surface area contributed by atoms with Gasteiger partial charge < -0.3 is 19.3 Å². The summed E-state index contributed by atoms with van der Waals surface area (Å²) in [5.74, 6) is -3.47. The van der Waals surface area contributed by atoms with E-state index in [-0.39, 0.29) is 45.2 Å². The minimum Gasteiger partial charge on any atom is -0.476 e. The zero-order chi connectivity index (χ0) is 24.6. The fourth-order valence-corrected chi connectivity index (χ4v) is 3.28. The SMILES string of the molecule is CCCCCCCCCCCCCCCC(=O)OCCOCCOC(=O)CCC(=O)C(=O)O. The molecule has 0 bridgehead atoms. The first-order valence-electron chi connectivity index (χ1n) is 12.6. The van der Waals surface area contributed by atoms with E-state index in [4.69, 9.17) is 19.3 Å². The number of ether oxygens (including phenoxy) is 3. The highest BCUT2D eigenvalue weighted by molar-refractivity contribution is 6.32. The molecule has 1 N–H and O–H groups in total. The third-order valence-corrected chi connectivity index (χ3v) is 5.26. The molecule has 0 heterocycles. The summed E-state index contributed by atoms with van der Waals surface area (Å²) in [5, 5.41) is 8.41. The zero-order valence-corrected chi connectivity index (χ0v) is 20.4. The maximum atomic E-state index is 11.7. The van der Waals surface area contributed by atoms with Crippen LogP contribution in [0.1, 0.15) is 110 Å². The van der Waals surface area contributed by atoms with Crippen LogP contribution >= 0.6 is 0 Å². The van der Waals surface area contributed by atoms with Gasteiger partial charge in [0.25, 0.3) is 0 Å². The topological polar surface area (TPSA) is 116 Å². The van der Waals surface area contributed by atoms with Crippen LogP contribution in [0.2, 0.25) is 0 Å². The number of carboxylic acid groups (broad SMARTS) is 1. The minimum absolute atomic E-state index is 0.00694. The second-order valence-corrected chi connectivity index (χ2v) is 8.27. The van der Waals surface area contributed by atoms with Gasteiger partial charge in [0.15, 0.2) is 0 Å². The fourth-order valence-electron chi connectivity index (χ4n) is 3.28. The lowest BCUT2D eigenvalue weighted by Gasteiger charge is -2.07. The number of carboxylic acids is 1. The molecule has 0 aliphatic heterocycles. The van der Waals surface area contributed by atoms with Gasteiger partial charge in [0.1, 0.15) is 13.2 Å². The van der Waals surface area contributed by atoms with E-state index in [9.17, 15) is 19.2 Å². The van der Waals surface area contributed by atoms with E-state index in [1.165, 1.54) is 64.2 Å². The van der Waals surface area contributed by atoms with Crippen LogP contribution < -0.4 is 0 Å². The van der Waals surface area contributed by atoms with Crippen LogP contribution in [0.5, 0.6) is 0 Å². The third-order valence-electron chi connectivity index (χ3n) is 5.26. The van der Waals surface area contributed by atoms with E-state index >= 15 is 0 Å². The van der Waals surface area contributed by atoms with Crippen molar-refractivity contribution >= 4 is 23.7 Å². The molecule has 0 fully saturated rings. The van der Waals surface area contributed by atoms with Gasteiger partial charge in [0.2, 0.25) is 5.78 Å². The summed E-state index contributed by atoms with van der Waals surface area (Å²) >= 11 is 0. The van der Waals surface area contributed by atoms with Crippen molar-refractivity contribution in [2.24, 2.45) is 0 Å². The van der Waals surface area contributed by atoms with Crippen LogP contribution in [0.25, 0.3) is 0 Å². The van der Waals surface area contributed by atoms with Crippen molar-refractivity contribution in [3.63, 3.8) is 0 Å². The Kier molecular flexibility index (Phi) is 21.8. The van der Waals surface area contributed by atoms with E-state index in [0.717, 1.165) is 19.3 Å². The Morgan fingerprint density at radius 1 is 0.545 bits per heavy atom. The molecule has 0 aromatic carbocycles. The van der Waals surface area contributed by atoms with Crippen LogP contribution in [-0.4, -0.2) is 55.2 Å². The van der Waals surface area contributed by atoms with Crippen molar-refractivity contribution in [1.29, 1.82) is 0 Å². The lowest BCUT2D eigenvalue weighted by molar-refractivity contribution is -0.151. The molecule has 33 heavy (non-hydrogen) atoms. The van der Waals surface area contributed by atoms with E-state index in [1.54, 1.807) is 0 Å². The average molecular weight is 473 g/mol. The molecule has 0 aliphatic rings. The van der Waals surface area contributed by atoms with E-state index in [1.807, 2.05) is 0 Å². The Morgan fingerprint density at radius 2 is 0.970 bits per heavy atom. The quantitative estimate of drug-likeness (QED) is 0.118. The van der Waals surface area contributed by atoms with E-state index < -0.39 is 17.7 Å². The van der Waals surface area contributed by atoms with Gasteiger partial charge in [-0.15, -0.1) is 0 Å². The molecule has 0 spiro atoms. The first-order valence-corrected chi connectivity index (χ1v) is 12.6. The van der Waals surface area contributed by atoms with Gasteiger partial charge in [-0.1, -0.05) is 84.0 Å². The smallest absolute Gasteiger partial charge is 0.372 e. The average Bonchev–Trinajstić information content (AvgIpc) is 2.79. The van der Waals surface area contributed by atoms with Gasteiger partial charge >= 0.3 is 17.9 Å². The molecular weight excluding hydrogens is 428 g/mol. The summed E-state index contributed by atoms with van der Waals surface area (Å²) in [4.78, 5) is 44.2. The van der Waals surface area contributed by atoms with Crippen LogP contribution in [-0.2, 0) is 33.4 Å². The third kappa shape index (κ3) is 23.0. The summed E-state index contributed by atoms with van der Waals surface area (Å²) in [5.41, 5.74) is 0. The Bertz CT molecular complexity index is 532. The lowest BCUT2D eigenvalue weighted by Crippen LogP contribution is -2.17. The van der Waals surface area contributed by atoms with Crippen molar-refractivity contribution in [3.8, 4) is 0 Å². The predicted molar refractivity (Wildman–Crippen MR) is 125 cm³/mol. The number of hydrogen-bond donors (Lipinski definition) is 1. The molecule has 0 radical (unpaired) electrons. The number of carbonyl (C=O) groups is 4. The highest BCUT2D eigenvalue weighted by Gasteiger charge is 2.14. The molecule has 0 amide bonds. The molecular formula is C25H44O8. The predicted octanol–water partition coefficient (Wildman–Crippen LogP) is 5.00. The Labute approximate surface area is 198 Å². The minimum atomic E-state index is -1.56. The number of aliphatic carboxylic acids is 1. The second kappa shape index (κ2) is 23.2. The summed E-state index contributed by atoms with van der Waals surface area (Å²) in [6.45, 7) is 2.73. The van der Waals surface area contributed by atoms with Gasteiger partial charge in [-0.3, -0.25) is 14.4 Å². The van der Waals surface area contributed by atoms with Crippen LogP contribution in [0, 0.1) is 0 Å². The highest BCUT2D eigenvalue weighted by Crippen LogP contribution is 2.13. The Balaban J connectivity index is 3.31. The summed E-state index contributed by atoms with van der Waals surface area (Å²) < 4.78 is 15.1. The highest BCUT2D eigenvalue weighted by atomic mass is 16.6. The summed E-state index contributed by atoms with van der Waals surface area (Å²) in [6.07, 6.45) is 16.2. The summed E-state index contributed by atoms with van der Waals surface area (Å²) in [6, 6.07) is 0. The molecule has 0 aromatic heterocycles. The van der Waals surface area contributed by atoms with E-state index in [0.29, 0.717) is 6.42 Å². The number of rotatable bonds is 24. The molecule has 0 saturated carbocycles. The van der Waals surface area contributed by atoms with Crippen LogP contribution in [0.4, 0.5) is 0 Å². The molecule has 0 atom stereocenters. The number of hydrogen-bond acceptors (Lipinski definition) is 7. The fraction of sp³-hybridized carbons (Fsp3) is 0.840. The molecule has 0 aromatic rings. The first kappa shape index (κ1) is 31.0. The number of unbranched alkanes of at least 4 members (excludes halogenated alkanes) is 12. The van der Waals surface area contributed by atoms with Crippen LogP contribution in [0.15, 0.2) is 0 Å². The molecule has 192 valence electrons. The maximum Gasteiger partial charge on any atom is 0.372 e. The largest absolute Gasteiger partial charge is 0.476 e. The van der Waals surface area contributed by atoms with Crippen molar-refractivity contribution in [2.45, 2.75) is 110 Å². The van der Waals surface area contributed by atoms with Crippen molar-refractivity contribution < 1.29 is 38.5 Å². The molecule has 0 unspecified atom stereocenters. The normalized spacial score (nSPS) is 10.7. The van der Waals surface area contributed by atoms with Crippen molar-refractivity contribution in [2.75, 3.05) is 26.4 Å². The molecule has 8 nitrogen and oxygen atoms in total. The van der Waals surface area contributed by atoms with Gasteiger partial charge in [-0.2, -0.15) is 0 Å². The van der Waals surface area contributed by atoms with Crippen molar-refractivity contribution in [1.82, 2.24) is 0 Å². The Hall–Kier alpha value is -1.96. The van der Waals surface area contributed by atoms with Gasteiger partial charge in [0, 0.05) is 12.8 Å². The molecule has 0 aliphatic carbocycles.